The number of rotatable bonds is 8. The minimum absolute atomic E-state index is 0.245. The van der Waals surface area contributed by atoms with Gasteiger partial charge in [-0.15, -0.1) is 0 Å². The van der Waals surface area contributed by atoms with Crippen molar-refractivity contribution in [3.63, 3.8) is 0 Å². The molecule has 10 nitrogen and oxygen atoms in total. The molecule has 1 aromatic rings. The van der Waals surface area contributed by atoms with E-state index in [1.807, 2.05) is 25.1 Å². The molecular formula is C27H35N7O3. The van der Waals surface area contributed by atoms with Crippen LogP contribution in [0.25, 0.3) is 0 Å². The van der Waals surface area contributed by atoms with Gasteiger partial charge in [0.2, 0.25) is 17.7 Å². The van der Waals surface area contributed by atoms with Crippen LogP contribution in [0.4, 0.5) is 11.4 Å². The Morgan fingerprint density at radius 2 is 1.92 bits per heavy atom. The third-order valence-corrected chi connectivity index (χ3v) is 6.53. The van der Waals surface area contributed by atoms with E-state index in [1.165, 1.54) is 6.08 Å². The van der Waals surface area contributed by atoms with E-state index in [-0.39, 0.29) is 5.91 Å². The average Bonchev–Trinajstić information content (AvgIpc) is 2.90. The second-order valence-electron chi connectivity index (χ2n) is 9.20. The van der Waals surface area contributed by atoms with E-state index in [2.05, 4.69) is 56.5 Å². The van der Waals surface area contributed by atoms with Gasteiger partial charge in [-0.3, -0.25) is 9.59 Å². The van der Waals surface area contributed by atoms with Crippen LogP contribution in [0, 0.1) is 0 Å². The number of aliphatic imine (C=N–C) groups is 1. The first-order valence-electron chi connectivity index (χ1n) is 12.6. The molecular weight excluding hydrogens is 470 g/mol. The van der Waals surface area contributed by atoms with Gasteiger partial charge in [-0.2, -0.15) is 4.99 Å². The van der Waals surface area contributed by atoms with E-state index < -0.39 is 11.9 Å². The highest BCUT2D eigenvalue weighted by molar-refractivity contribution is 6.13. The number of allylic oxidation sites excluding steroid dienone is 5. The summed E-state index contributed by atoms with van der Waals surface area (Å²) in [5.74, 6) is 0.683. The molecule has 0 aromatic heterocycles. The molecule has 1 saturated heterocycles. The van der Waals surface area contributed by atoms with Crippen LogP contribution in [0.15, 0.2) is 77.1 Å². The molecule has 0 saturated carbocycles. The van der Waals surface area contributed by atoms with Crippen LogP contribution in [-0.4, -0.2) is 61.8 Å². The largest absolute Gasteiger partial charge is 0.442 e. The Morgan fingerprint density at radius 1 is 1.19 bits per heavy atom. The number of amidine groups is 1. The maximum absolute atomic E-state index is 12.3. The summed E-state index contributed by atoms with van der Waals surface area (Å²) >= 11 is 0. The molecule has 1 unspecified atom stereocenters. The zero-order valence-electron chi connectivity index (χ0n) is 21.4. The summed E-state index contributed by atoms with van der Waals surface area (Å²) in [6.45, 7) is 9.47. The van der Waals surface area contributed by atoms with E-state index in [9.17, 15) is 9.59 Å². The number of amides is 2. The molecule has 4 rings (SSSR count). The zero-order chi connectivity index (χ0) is 26.4. The molecule has 3 aliphatic rings. The first-order chi connectivity index (χ1) is 17.9. The SMILES string of the molecule is C=CC(=O)NC1=CC=C(OC2=C(CC)NC(C(N)=O)C(Nc3ccc(N4CCN(C)CC4)cc3)=N2)CC1. The lowest BCUT2D eigenvalue weighted by atomic mass is 10.1. The molecule has 10 heteroatoms. The third-order valence-electron chi connectivity index (χ3n) is 6.53. The van der Waals surface area contributed by atoms with Gasteiger partial charge < -0.3 is 36.2 Å². The molecule has 5 N–H and O–H groups in total. The van der Waals surface area contributed by atoms with Crippen molar-refractivity contribution in [2.24, 2.45) is 10.7 Å². The third kappa shape index (κ3) is 6.59. The van der Waals surface area contributed by atoms with E-state index in [0.717, 1.165) is 43.3 Å². The quantitative estimate of drug-likeness (QED) is 0.399. The van der Waals surface area contributed by atoms with Gasteiger partial charge >= 0.3 is 0 Å². The lowest BCUT2D eigenvalue weighted by Crippen LogP contribution is -2.51. The molecule has 37 heavy (non-hydrogen) atoms. The Bertz CT molecular complexity index is 1160. The number of hydrogen-bond acceptors (Lipinski definition) is 8. The number of nitrogens with two attached hydrogens (primary N) is 1. The number of likely N-dealkylation sites (N-methyl/N-ethyl adjacent to an activating group) is 1. The summed E-state index contributed by atoms with van der Waals surface area (Å²) in [5.41, 5.74) is 9.14. The van der Waals surface area contributed by atoms with Crippen molar-refractivity contribution in [3.05, 3.63) is 72.1 Å². The van der Waals surface area contributed by atoms with Crippen LogP contribution in [-0.2, 0) is 14.3 Å². The average molecular weight is 506 g/mol. The van der Waals surface area contributed by atoms with Gasteiger partial charge in [-0.25, -0.2) is 0 Å². The molecule has 2 aliphatic heterocycles. The van der Waals surface area contributed by atoms with Gasteiger partial charge in [0.05, 0.1) is 5.70 Å². The highest BCUT2D eigenvalue weighted by atomic mass is 16.5. The number of hydrogen-bond donors (Lipinski definition) is 4. The number of ether oxygens (including phenoxy) is 1. The number of carbonyl (C=O) groups excluding carboxylic acids is 2. The van der Waals surface area contributed by atoms with Crippen LogP contribution >= 0.6 is 0 Å². The molecule has 2 amide bonds. The lowest BCUT2D eigenvalue weighted by molar-refractivity contribution is -0.118. The fourth-order valence-corrected chi connectivity index (χ4v) is 4.30. The van der Waals surface area contributed by atoms with Crippen LogP contribution in [0.2, 0.25) is 0 Å². The second-order valence-corrected chi connectivity index (χ2v) is 9.20. The standard InChI is InChI=1S/C27H35N7O3/c1-4-22-27(37-21-12-8-18(9-13-21)29-23(35)5-2)32-26(24(31-22)25(28)36)30-19-6-10-20(11-7-19)34-16-14-33(3)15-17-34/h5-8,10-12,24,31H,2,4,9,13-17H2,1,3H3,(H2,28,36)(H,29,35)(H,30,32). The monoisotopic (exact) mass is 505 g/mol. The molecule has 0 spiro atoms. The van der Waals surface area contributed by atoms with Gasteiger partial charge in [0.25, 0.3) is 0 Å². The lowest BCUT2D eigenvalue weighted by Gasteiger charge is -2.34. The Hall–Kier alpha value is -4.05. The Labute approximate surface area is 217 Å². The predicted molar refractivity (Wildman–Crippen MR) is 145 cm³/mol. The molecule has 1 aliphatic carbocycles. The van der Waals surface area contributed by atoms with Crippen molar-refractivity contribution in [2.75, 3.05) is 43.4 Å². The highest BCUT2D eigenvalue weighted by Gasteiger charge is 2.30. The number of piperazine rings is 1. The van der Waals surface area contributed by atoms with Crippen molar-refractivity contribution in [3.8, 4) is 0 Å². The topological polar surface area (TPSA) is 124 Å². The molecule has 1 aromatic carbocycles. The minimum Gasteiger partial charge on any atom is -0.442 e. The fraction of sp³-hybridized carbons (Fsp3) is 0.370. The summed E-state index contributed by atoms with van der Waals surface area (Å²) < 4.78 is 6.13. The summed E-state index contributed by atoms with van der Waals surface area (Å²) in [5, 5.41) is 9.22. The van der Waals surface area contributed by atoms with E-state index >= 15 is 0 Å². The van der Waals surface area contributed by atoms with Crippen LogP contribution in [0.1, 0.15) is 26.2 Å². The maximum Gasteiger partial charge on any atom is 0.247 e. The molecule has 1 atom stereocenters. The zero-order valence-corrected chi connectivity index (χ0v) is 21.4. The fourth-order valence-electron chi connectivity index (χ4n) is 4.30. The summed E-state index contributed by atoms with van der Waals surface area (Å²) in [6.07, 6.45) is 6.64. The number of nitrogens with zero attached hydrogens (tertiary/aromatic N) is 3. The maximum atomic E-state index is 12.3. The Kier molecular flexibility index (Phi) is 8.29. The summed E-state index contributed by atoms with van der Waals surface area (Å²) in [7, 11) is 2.14. The number of anilines is 2. The van der Waals surface area contributed by atoms with E-state index in [4.69, 9.17) is 10.5 Å². The van der Waals surface area contributed by atoms with Gasteiger partial charge in [-0.1, -0.05) is 13.5 Å². The van der Waals surface area contributed by atoms with E-state index in [0.29, 0.717) is 42.4 Å². The smallest absolute Gasteiger partial charge is 0.247 e. The van der Waals surface area contributed by atoms with Crippen molar-refractivity contribution in [2.45, 2.75) is 32.2 Å². The molecule has 0 radical (unpaired) electrons. The molecule has 2 heterocycles. The van der Waals surface area contributed by atoms with Crippen molar-refractivity contribution in [1.29, 1.82) is 0 Å². The first-order valence-corrected chi connectivity index (χ1v) is 12.6. The van der Waals surface area contributed by atoms with Crippen LogP contribution < -0.4 is 26.6 Å². The highest BCUT2D eigenvalue weighted by Crippen LogP contribution is 2.26. The van der Waals surface area contributed by atoms with Crippen molar-refractivity contribution in [1.82, 2.24) is 15.5 Å². The molecule has 1 fully saturated rings. The van der Waals surface area contributed by atoms with Gasteiger partial charge in [0.15, 0.2) is 6.04 Å². The van der Waals surface area contributed by atoms with Crippen molar-refractivity contribution < 1.29 is 14.3 Å². The molecule has 0 bridgehead atoms. The van der Waals surface area contributed by atoms with E-state index in [1.54, 1.807) is 6.08 Å². The Balaban J connectivity index is 1.50. The number of primary amides is 1. The molecule has 196 valence electrons. The summed E-state index contributed by atoms with van der Waals surface area (Å²) in [6, 6.07) is 7.27. The van der Waals surface area contributed by atoms with Gasteiger partial charge in [0.1, 0.15) is 11.6 Å². The normalized spacial score (nSPS) is 20.2. The van der Waals surface area contributed by atoms with Gasteiger partial charge in [-0.05, 0) is 62.4 Å². The number of carbonyl (C=O) groups is 2. The number of nitrogens with one attached hydrogen (secondary N) is 3. The first kappa shape index (κ1) is 26.0. The Morgan fingerprint density at radius 3 is 2.51 bits per heavy atom. The van der Waals surface area contributed by atoms with Gasteiger partial charge in [0, 0.05) is 49.7 Å². The second kappa shape index (κ2) is 11.8. The van der Waals surface area contributed by atoms with Crippen LogP contribution in [0.3, 0.4) is 0 Å². The predicted octanol–water partition coefficient (Wildman–Crippen LogP) is 2.17. The minimum atomic E-state index is -0.805. The number of benzene rings is 1. The van der Waals surface area contributed by atoms with Crippen molar-refractivity contribution >= 4 is 29.0 Å². The summed E-state index contributed by atoms with van der Waals surface area (Å²) in [4.78, 5) is 33.1. The van der Waals surface area contributed by atoms with Crippen LogP contribution in [0.5, 0.6) is 0 Å².